The van der Waals surface area contributed by atoms with Gasteiger partial charge in [0, 0.05) is 39.0 Å². The lowest BCUT2D eigenvalue weighted by Crippen LogP contribution is -2.10. The van der Waals surface area contributed by atoms with E-state index in [1.807, 2.05) is 24.3 Å². The van der Waals surface area contributed by atoms with Crippen molar-refractivity contribution in [1.82, 2.24) is 19.5 Å². The molecule has 0 unspecified atom stereocenters. The number of para-hydroxylation sites is 1. The van der Waals surface area contributed by atoms with Gasteiger partial charge in [0.2, 0.25) is 5.95 Å². The van der Waals surface area contributed by atoms with E-state index in [4.69, 9.17) is 19.1 Å². The average Bonchev–Trinajstić information content (AvgIpc) is 3.81. The molecule has 0 saturated carbocycles. The highest BCUT2D eigenvalue weighted by Gasteiger charge is 2.21. The molecule has 282 valence electrons. The van der Waals surface area contributed by atoms with Gasteiger partial charge in [0.1, 0.15) is 0 Å². The van der Waals surface area contributed by atoms with Crippen molar-refractivity contribution in [1.29, 1.82) is 0 Å². The number of rotatable bonds is 8. The lowest BCUT2D eigenvalue weighted by molar-refractivity contribution is 0.953. The number of hydrogen-bond acceptors (Lipinski definition) is 4. The van der Waals surface area contributed by atoms with Gasteiger partial charge in [-0.3, -0.25) is 4.57 Å². The van der Waals surface area contributed by atoms with Crippen molar-refractivity contribution in [3.05, 3.63) is 224 Å². The molecule has 0 N–H and O–H groups in total. The average molecular weight is 783 g/mol. The fraction of sp³-hybridized carbons (Fsp3) is 0. The first-order valence-corrected chi connectivity index (χ1v) is 19.0. The second-order valence-electron chi connectivity index (χ2n) is 13.7. The number of hydrogen-bond donors (Lipinski definition) is 0. The minimum atomic E-state index is -0.895. The summed E-state index contributed by atoms with van der Waals surface area (Å²) in [5.74, 6) is 0.0407. The summed E-state index contributed by atoms with van der Waals surface area (Å²) < 4.78 is 143. The first kappa shape index (κ1) is 22.7. The zero-order chi connectivity index (χ0) is 52.9. The van der Waals surface area contributed by atoms with Crippen LogP contribution in [0.15, 0.2) is 224 Å². The van der Waals surface area contributed by atoms with Crippen molar-refractivity contribution in [2.24, 2.45) is 0 Å². The lowest BCUT2D eigenvalue weighted by atomic mass is 10.0. The van der Waals surface area contributed by atoms with Crippen molar-refractivity contribution >= 4 is 49.6 Å². The summed E-state index contributed by atoms with van der Waals surface area (Å²) >= 11 is 0. The molecule has 2 aromatic heterocycles. The molecule has 0 aliphatic rings. The predicted octanol–water partition coefficient (Wildman–Crippen LogP) is 14.3. The van der Waals surface area contributed by atoms with Crippen LogP contribution >= 0.6 is 0 Å². The van der Waals surface area contributed by atoms with E-state index in [-0.39, 0.29) is 56.6 Å². The quantitative estimate of drug-likeness (QED) is 0.154. The molecule has 0 saturated heterocycles. The van der Waals surface area contributed by atoms with Crippen molar-refractivity contribution < 1.29 is 20.6 Å². The van der Waals surface area contributed by atoms with Crippen LogP contribution in [0.2, 0.25) is 0 Å². The number of nitrogens with zero attached hydrogens (tertiary/aromatic N) is 5. The van der Waals surface area contributed by atoms with Crippen LogP contribution in [0.1, 0.15) is 20.6 Å². The molecule has 11 rings (SSSR count). The van der Waals surface area contributed by atoms with Gasteiger partial charge in [-0.1, -0.05) is 176 Å². The molecule has 5 nitrogen and oxygen atoms in total. The number of aromatic nitrogens is 4. The van der Waals surface area contributed by atoms with Crippen LogP contribution in [0, 0.1) is 0 Å². The summed E-state index contributed by atoms with van der Waals surface area (Å²) in [6.45, 7) is 0. The molecule has 0 fully saturated rings. The Hall–Kier alpha value is -8.15. The van der Waals surface area contributed by atoms with Gasteiger partial charge < -0.3 is 4.90 Å². The lowest BCUT2D eigenvalue weighted by Gasteiger charge is -2.26. The van der Waals surface area contributed by atoms with Crippen LogP contribution < -0.4 is 4.90 Å². The first-order chi connectivity index (χ1) is 36.0. The maximum absolute atomic E-state index is 10.4. The van der Waals surface area contributed by atoms with E-state index in [9.17, 15) is 16.4 Å². The normalized spacial score (nSPS) is 14.8. The van der Waals surface area contributed by atoms with E-state index in [1.165, 1.54) is 4.57 Å². The third-order valence-corrected chi connectivity index (χ3v) is 10.0. The Morgan fingerprint density at radius 1 is 0.383 bits per heavy atom. The third-order valence-electron chi connectivity index (χ3n) is 10.0. The largest absolute Gasteiger partial charge is 0.310 e. The summed E-state index contributed by atoms with van der Waals surface area (Å²) in [5.41, 5.74) is -1.00. The van der Waals surface area contributed by atoms with Gasteiger partial charge in [-0.15, -0.1) is 0 Å². The molecule has 0 aliphatic carbocycles. The predicted molar refractivity (Wildman–Crippen MR) is 248 cm³/mol. The number of benzene rings is 9. The molecule has 5 heteroatoms. The van der Waals surface area contributed by atoms with E-state index >= 15 is 0 Å². The minimum Gasteiger partial charge on any atom is -0.310 e. The van der Waals surface area contributed by atoms with E-state index in [0.29, 0.717) is 22.3 Å². The standard InChI is InChI=1S/C55H37N5/c1-5-15-38(16-6-1)45-29-33-49-50-34-32-48(59(46-23-11-4-12-24-46)47-30-27-40(28-31-47)44-26-25-39-17-13-14-22-43(39)35-44)37-52(50)60(51(49)36-45)55-57-53(41-18-7-2-8-19-41)56-54(58-55)42-20-9-3-10-21-42/h1-37H/i4D,11D,12D,23D,24D,27D,28D,29D,30D,31D,32D,33D,34D,36D,37D. The molecular weight excluding hydrogens is 731 g/mol. The Morgan fingerprint density at radius 2 is 0.917 bits per heavy atom. The highest BCUT2D eigenvalue weighted by Crippen LogP contribution is 2.41. The topological polar surface area (TPSA) is 46.8 Å². The van der Waals surface area contributed by atoms with E-state index in [2.05, 4.69) is 0 Å². The van der Waals surface area contributed by atoms with Gasteiger partial charge in [0.25, 0.3) is 0 Å². The van der Waals surface area contributed by atoms with Gasteiger partial charge in [-0.25, -0.2) is 4.98 Å². The molecule has 0 radical (unpaired) electrons. The Bertz CT molecular complexity index is 4080. The molecule has 11 aromatic rings. The molecule has 2 heterocycles. The molecule has 0 aliphatic heterocycles. The molecule has 0 bridgehead atoms. The van der Waals surface area contributed by atoms with E-state index < -0.39 is 102 Å². The molecule has 9 aromatic carbocycles. The van der Waals surface area contributed by atoms with Crippen LogP contribution in [0.3, 0.4) is 0 Å². The monoisotopic (exact) mass is 782 g/mol. The second-order valence-corrected chi connectivity index (χ2v) is 13.7. The molecule has 60 heavy (non-hydrogen) atoms. The van der Waals surface area contributed by atoms with Gasteiger partial charge in [0.05, 0.1) is 31.6 Å². The highest BCUT2D eigenvalue weighted by molar-refractivity contribution is 6.11. The second kappa shape index (κ2) is 15.0. The maximum atomic E-state index is 10.4. The number of anilines is 3. The van der Waals surface area contributed by atoms with Crippen molar-refractivity contribution in [3.8, 4) is 51.0 Å². The summed E-state index contributed by atoms with van der Waals surface area (Å²) in [6, 6.07) is 28.1. The molecular formula is C55H37N5. The van der Waals surface area contributed by atoms with Crippen LogP contribution in [-0.4, -0.2) is 19.5 Å². The van der Waals surface area contributed by atoms with E-state index in [1.54, 1.807) is 109 Å². The Kier molecular flexibility index (Phi) is 5.67. The van der Waals surface area contributed by atoms with Crippen LogP contribution in [0.5, 0.6) is 0 Å². The van der Waals surface area contributed by atoms with Gasteiger partial charge in [0.15, 0.2) is 11.6 Å². The van der Waals surface area contributed by atoms with Crippen LogP contribution in [0.4, 0.5) is 17.1 Å². The Labute approximate surface area is 369 Å². The summed E-state index contributed by atoms with van der Waals surface area (Å²) in [4.78, 5) is 15.4. The first-order valence-electron chi connectivity index (χ1n) is 26.5. The van der Waals surface area contributed by atoms with Crippen molar-refractivity contribution in [2.45, 2.75) is 0 Å². The van der Waals surface area contributed by atoms with E-state index in [0.717, 1.165) is 15.7 Å². The van der Waals surface area contributed by atoms with Gasteiger partial charge in [-0.2, -0.15) is 9.97 Å². The van der Waals surface area contributed by atoms with Crippen molar-refractivity contribution in [3.63, 3.8) is 0 Å². The Balaban J connectivity index is 1.33. The van der Waals surface area contributed by atoms with Gasteiger partial charge in [-0.05, 0) is 81.4 Å². The van der Waals surface area contributed by atoms with Crippen LogP contribution in [0.25, 0.3) is 83.6 Å². The maximum Gasteiger partial charge on any atom is 0.238 e. The highest BCUT2D eigenvalue weighted by atomic mass is 15.2. The number of fused-ring (bicyclic) bond motifs is 4. The van der Waals surface area contributed by atoms with Crippen molar-refractivity contribution in [2.75, 3.05) is 4.90 Å². The zero-order valence-electron chi connectivity index (χ0n) is 46.4. The summed E-state index contributed by atoms with van der Waals surface area (Å²) in [7, 11) is 0. The Morgan fingerprint density at radius 3 is 1.58 bits per heavy atom. The minimum absolute atomic E-state index is 0.0121. The fourth-order valence-corrected chi connectivity index (χ4v) is 7.15. The summed E-state index contributed by atoms with van der Waals surface area (Å²) in [6.07, 6.45) is 0. The molecule has 0 atom stereocenters. The summed E-state index contributed by atoms with van der Waals surface area (Å²) in [5, 5.41) is 1.12. The third kappa shape index (κ3) is 6.45. The zero-order valence-corrected chi connectivity index (χ0v) is 31.4. The van der Waals surface area contributed by atoms with Gasteiger partial charge >= 0.3 is 0 Å². The fourth-order valence-electron chi connectivity index (χ4n) is 7.15. The molecule has 0 amide bonds. The SMILES string of the molecule is [2H]c1c([2H])c([2H])c(N(c2c([2H])c([2H])c(-c3ccc4ccccc4c3)c([2H])c2[2H])c2c([2H])c([2H])c3c4c([2H])c([2H])c(-c5ccccc5)c([2H])c4n(-c4nc(-c5ccccc5)nc(-c5ccccc5)n4)c3c2[2H])c([2H])c1[2H]. The smallest absolute Gasteiger partial charge is 0.238 e. The van der Waals surface area contributed by atoms with Crippen LogP contribution in [-0.2, 0) is 0 Å². The molecule has 0 spiro atoms.